The molecule has 1 amide bonds. The van der Waals surface area contributed by atoms with E-state index in [4.69, 9.17) is 4.74 Å². The largest absolute Gasteiger partial charge is 0.469 e. The first-order chi connectivity index (χ1) is 9.51. The lowest BCUT2D eigenvalue weighted by atomic mass is 10.2. The van der Waals surface area contributed by atoms with E-state index in [1.54, 1.807) is 6.07 Å². The third-order valence-corrected chi connectivity index (χ3v) is 3.63. The quantitative estimate of drug-likeness (QED) is 0.787. The minimum absolute atomic E-state index is 0.178. The van der Waals surface area contributed by atoms with Crippen LogP contribution in [0.2, 0.25) is 0 Å². The number of amides is 1. The van der Waals surface area contributed by atoms with Crippen LogP contribution in [0, 0.1) is 5.82 Å². The summed E-state index contributed by atoms with van der Waals surface area (Å²) in [4.78, 5) is 24.1. The highest BCUT2D eigenvalue weighted by atomic mass is 79.9. The van der Waals surface area contributed by atoms with Crippen molar-refractivity contribution in [2.45, 2.75) is 18.9 Å². The molecule has 1 saturated heterocycles. The van der Waals surface area contributed by atoms with Crippen LogP contribution in [0.25, 0.3) is 0 Å². The number of methoxy groups -OCH3 is 1. The van der Waals surface area contributed by atoms with Gasteiger partial charge in [0.2, 0.25) is 0 Å². The second-order valence-electron chi connectivity index (χ2n) is 4.33. The molecule has 0 aliphatic carbocycles. The van der Waals surface area contributed by atoms with Gasteiger partial charge in [0.05, 0.1) is 23.8 Å². The van der Waals surface area contributed by atoms with E-state index in [0.29, 0.717) is 16.6 Å². The van der Waals surface area contributed by atoms with Crippen molar-refractivity contribution < 1.29 is 23.5 Å². The van der Waals surface area contributed by atoms with Crippen LogP contribution >= 0.6 is 15.9 Å². The Hall–Kier alpha value is -1.63. The predicted octanol–water partition coefficient (Wildman–Crippen LogP) is 2.87. The second-order valence-corrected chi connectivity index (χ2v) is 5.18. The van der Waals surface area contributed by atoms with E-state index in [1.165, 1.54) is 24.1 Å². The second kappa shape index (κ2) is 6.21. The summed E-state index contributed by atoms with van der Waals surface area (Å²) in [6.07, 6.45) is -0.375. The SMILES string of the molecule is COC(=O)CC[C@H]1CN(c2ccc(Br)c(F)c2)C(=O)O1. The normalized spacial score (nSPS) is 18.1. The van der Waals surface area contributed by atoms with Crippen LogP contribution in [0.1, 0.15) is 12.8 Å². The van der Waals surface area contributed by atoms with Gasteiger partial charge in [0.25, 0.3) is 0 Å². The van der Waals surface area contributed by atoms with Crippen LogP contribution in [-0.4, -0.2) is 31.8 Å². The minimum atomic E-state index is -0.540. The molecule has 0 spiro atoms. The Labute approximate surface area is 123 Å². The van der Waals surface area contributed by atoms with Crippen LogP contribution < -0.4 is 4.90 Å². The number of carbonyl (C=O) groups excluding carboxylic acids is 2. The van der Waals surface area contributed by atoms with Crippen molar-refractivity contribution in [3.63, 3.8) is 0 Å². The zero-order chi connectivity index (χ0) is 14.7. The molecular formula is C13H13BrFNO4. The Morgan fingerprint density at radius 2 is 2.35 bits per heavy atom. The number of benzene rings is 1. The van der Waals surface area contributed by atoms with Gasteiger partial charge in [-0.25, -0.2) is 9.18 Å². The number of hydrogen-bond donors (Lipinski definition) is 0. The van der Waals surface area contributed by atoms with E-state index in [1.807, 2.05) is 0 Å². The molecule has 0 aromatic heterocycles. The van der Waals surface area contributed by atoms with Crippen LogP contribution in [0.15, 0.2) is 22.7 Å². The number of cyclic esters (lactones) is 1. The van der Waals surface area contributed by atoms with Gasteiger partial charge in [-0.3, -0.25) is 9.69 Å². The molecule has 20 heavy (non-hydrogen) atoms. The Bertz CT molecular complexity index is 537. The number of hydrogen-bond acceptors (Lipinski definition) is 4. The third kappa shape index (κ3) is 3.27. The van der Waals surface area contributed by atoms with E-state index in [2.05, 4.69) is 20.7 Å². The minimum Gasteiger partial charge on any atom is -0.469 e. The summed E-state index contributed by atoms with van der Waals surface area (Å²) < 4.78 is 23.5. The van der Waals surface area contributed by atoms with Crippen molar-refractivity contribution in [1.29, 1.82) is 0 Å². The number of esters is 1. The van der Waals surface area contributed by atoms with Gasteiger partial charge in [-0.2, -0.15) is 0 Å². The smallest absolute Gasteiger partial charge is 0.414 e. The Morgan fingerprint density at radius 1 is 1.60 bits per heavy atom. The van der Waals surface area contributed by atoms with Crippen LogP contribution in [0.5, 0.6) is 0 Å². The maximum atomic E-state index is 13.5. The zero-order valence-corrected chi connectivity index (χ0v) is 12.4. The molecular weight excluding hydrogens is 333 g/mol. The highest BCUT2D eigenvalue weighted by Gasteiger charge is 2.32. The van der Waals surface area contributed by atoms with Crippen molar-refractivity contribution in [1.82, 2.24) is 0 Å². The molecule has 1 fully saturated rings. The Morgan fingerprint density at radius 3 is 3.00 bits per heavy atom. The molecule has 0 radical (unpaired) electrons. The van der Waals surface area contributed by atoms with Crippen LogP contribution in [-0.2, 0) is 14.3 Å². The Balaban J connectivity index is 2.01. The molecule has 2 rings (SSSR count). The summed E-state index contributed by atoms with van der Waals surface area (Å²) in [5.41, 5.74) is 0.427. The molecule has 1 aliphatic heterocycles. The first-order valence-electron chi connectivity index (χ1n) is 6.01. The molecule has 0 saturated carbocycles. The van der Waals surface area contributed by atoms with E-state index in [-0.39, 0.29) is 18.9 Å². The van der Waals surface area contributed by atoms with Gasteiger partial charge in [-0.1, -0.05) is 0 Å². The average Bonchev–Trinajstić information content (AvgIpc) is 2.80. The molecule has 0 bridgehead atoms. The van der Waals surface area contributed by atoms with Gasteiger partial charge >= 0.3 is 12.1 Å². The average molecular weight is 346 g/mol. The maximum absolute atomic E-state index is 13.5. The fraction of sp³-hybridized carbons (Fsp3) is 0.385. The summed E-state index contributed by atoms with van der Waals surface area (Å²) in [5, 5.41) is 0. The van der Waals surface area contributed by atoms with Gasteiger partial charge in [0, 0.05) is 6.42 Å². The highest BCUT2D eigenvalue weighted by molar-refractivity contribution is 9.10. The molecule has 1 aromatic carbocycles. The topological polar surface area (TPSA) is 55.8 Å². The third-order valence-electron chi connectivity index (χ3n) is 2.99. The number of anilines is 1. The lowest BCUT2D eigenvalue weighted by Crippen LogP contribution is -2.24. The standard InChI is InChI=1S/C13H13BrFNO4/c1-19-12(17)5-3-9-7-16(13(18)20-9)8-2-4-10(14)11(15)6-8/h2,4,6,9H,3,5,7H2,1H3/t9-/m0/s1. The van der Waals surface area contributed by atoms with Crippen LogP contribution in [0.4, 0.5) is 14.9 Å². The monoisotopic (exact) mass is 345 g/mol. The first kappa shape index (κ1) is 14.8. The van der Waals surface area contributed by atoms with Crippen molar-refractivity contribution in [3.8, 4) is 0 Å². The lowest BCUT2D eigenvalue weighted by molar-refractivity contribution is -0.141. The lowest BCUT2D eigenvalue weighted by Gasteiger charge is -2.13. The zero-order valence-electron chi connectivity index (χ0n) is 10.8. The van der Waals surface area contributed by atoms with E-state index in [9.17, 15) is 14.0 Å². The fourth-order valence-electron chi connectivity index (χ4n) is 1.92. The van der Waals surface area contributed by atoms with E-state index >= 15 is 0 Å². The molecule has 1 aromatic rings. The molecule has 5 nitrogen and oxygen atoms in total. The van der Waals surface area contributed by atoms with Crippen molar-refractivity contribution in [2.24, 2.45) is 0 Å². The number of nitrogens with zero attached hydrogens (tertiary/aromatic N) is 1. The van der Waals surface area contributed by atoms with Gasteiger partial charge in [-0.15, -0.1) is 0 Å². The van der Waals surface area contributed by atoms with E-state index < -0.39 is 18.0 Å². The molecule has 0 N–H and O–H groups in total. The van der Waals surface area contributed by atoms with Gasteiger partial charge in [0.1, 0.15) is 11.9 Å². The van der Waals surface area contributed by atoms with E-state index in [0.717, 1.165) is 0 Å². The number of rotatable bonds is 4. The van der Waals surface area contributed by atoms with Gasteiger partial charge in [-0.05, 0) is 40.5 Å². The maximum Gasteiger partial charge on any atom is 0.414 e. The molecule has 1 heterocycles. The number of halogens is 2. The summed E-state index contributed by atoms with van der Waals surface area (Å²) >= 11 is 3.05. The van der Waals surface area contributed by atoms with Crippen molar-refractivity contribution in [2.75, 3.05) is 18.6 Å². The number of carbonyl (C=O) groups is 2. The molecule has 1 aliphatic rings. The van der Waals surface area contributed by atoms with Crippen molar-refractivity contribution >= 4 is 33.7 Å². The summed E-state index contributed by atoms with van der Waals surface area (Å²) in [5.74, 6) is -0.803. The summed E-state index contributed by atoms with van der Waals surface area (Å²) in [6, 6.07) is 4.41. The number of ether oxygens (including phenoxy) is 2. The van der Waals surface area contributed by atoms with Crippen LogP contribution in [0.3, 0.4) is 0 Å². The van der Waals surface area contributed by atoms with Crippen molar-refractivity contribution in [3.05, 3.63) is 28.5 Å². The molecule has 0 unspecified atom stereocenters. The fourth-order valence-corrected chi connectivity index (χ4v) is 2.16. The highest BCUT2D eigenvalue weighted by Crippen LogP contribution is 2.27. The summed E-state index contributed by atoms with van der Waals surface area (Å²) in [6.45, 7) is 0.289. The Kier molecular flexibility index (Phi) is 4.59. The first-order valence-corrected chi connectivity index (χ1v) is 6.80. The van der Waals surface area contributed by atoms with Gasteiger partial charge in [0.15, 0.2) is 0 Å². The molecule has 1 atom stereocenters. The van der Waals surface area contributed by atoms with Gasteiger partial charge < -0.3 is 9.47 Å². The summed E-state index contributed by atoms with van der Waals surface area (Å²) in [7, 11) is 1.31. The predicted molar refractivity (Wildman–Crippen MR) is 73.0 cm³/mol. The molecule has 7 heteroatoms. The molecule has 108 valence electrons.